The number of benzene rings is 1. The van der Waals surface area contributed by atoms with Crippen LogP contribution in [0, 0.1) is 5.82 Å². The summed E-state index contributed by atoms with van der Waals surface area (Å²) in [5.74, 6) is -0.436. The maximum atomic E-state index is 12.7. The van der Waals surface area contributed by atoms with Gasteiger partial charge in [-0.2, -0.15) is 0 Å². The van der Waals surface area contributed by atoms with Gasteiger partial charge in [0, 0.05) is 18.8 Å². The van der Waals surface area contributed by atoms with Gasteiger partial charge in [0.15, 0.2) is 0 Å². The summed E-state index contributed by atoms with van der Waals surface area (Å²) >= 11 is 0. The number of anilines is 1. The molecule has 0 aromatic heterocycles. The van der Waals surface area contributed by atoms with Crippen molar-refractivity contribution in [2.75, 3.05) is 19.0 Å². The fourth-order valence-corrected chi connectivity index (χ4v) is 1.90. The second-order valence-electron chi connectivity index (χ2n) is 4.46. The average Bonchev–Trinajstić information content (AvgIpc) is 2.30. The summed E-state index contributed by atoms with van der Waals surface area (Å²) in [6.07, 6.45) is 2.21. The van der Waals surface area contributed by atoms with Crippen molar-refractivity contribution in [1.82, 2.24) is 5.32 Å². The first-order chi connectivity index (χ1) is 8.67. The predicted octanol–water partition coefficient (Wildman–Crippen LogP) is 1.53. The largest absolute Gasteiger partial charge is 0.381 e. The first-order valence-electron chi connectivity index (χ1n) is 5.99. The van der Waals surface area contributed by atoms with Crippen molar-refractivity contribution in [2.24, 2.45) is 0 Å². The molecule has 2 rings (SSSR count). The van der Waals surface area contributed by atoms with Gasteiger partial charge in [-0.15, -0.1) is 0 Å². The van der Waals surface area contributed by atoms with Crippen LogP contribution in [0.1, 0.15) is 12.8 Å². The first-order valence-corrected chi connectivity index (χ1v) is 5.99. The summed E-state index contributed by atoms with van der Waals surface area (Å²) in [5, 5.41) is 5.85. The molecule has 1 aliphatic rings. The minimum Gasteiger partial charge on any atom is -0.381 e. The van der Waals surface area contributed by atoms with E-state index in [0.717, 1.165) is 12.8 Å². The first kappa shape index (κ1) is 13.0. The molecule has 0 unspecified atom stereocenters. The molecule has 0 radical (unpaired) electrons. The Bertz CT molecular complexity index is 402. The Labute approximate surface area is 106 Å². The van der Waals surface area contributed by atoms with Crippen LogP contribution in [0.4, 0.5) is 10.1 Å². The Morgan fingerprint density at radius 2 is 2.06 bits per heavy atom. The third kappa shape index (κ3) is 3.51. The second-order valence-corrected chi connectivity index (χ2v) is 4.46. The second kappa shape index (κ2) is 5.93. The molecule has 18 heavy (non-hydrogen) atoms. The van der Waals surface area contributed by atoms with Crippen molar-refractivity contribution >= 4 is 11.6 Å². The number of halogens is 1. The molecular weight excluding hydrogens is 235 g/mol. The lowest BCUT2D eigenvalue weighted by atomic mass is 9.89. The molecular formula is C13H17FN2O2. The molecule has 2 N–H and O–H groups in total. The van der Waals surface area contributed by atoms with Crippen LogP contribution in [0.3, 0.4) is 0 Å². The Hall–Kier alpha value is -1.46. The average molecular weight is 252 g/mol. The molecule has 1 aromatic rings. The summed E-state index contributed by atoms with van der Waals surface area (Å²) in [7, 11) is 1.70. The predicted molar refractivity (Wildman–Crippen MR) is 66.9 cm³/mol. The van der Waals surface area contributed by atoms with E-state index < -0.39 is 0 Å². The third-order valence-electron chi connectivity index (χ3n) is 3.11. The Morgan fingerprint density at radius 3 is 2.67 bits per heavy atom. The quantitative estimate of drug-likeness (QED) is 0.835. The standard InChI is InChI=1S/C13H17FN2O2/c1-18-12-6-11(7-12)15-8-13(17)16-10-4-2-9(14)3-5-10/h2-5,11-12,15H,6-8H2,1H3,(H,16,17). The van der Waals surface area contributed by atoms with Crippen LogP contribution < -0.4 is 10.6 Å². The zero-order chi connectivity index (χ0) is 13.0. The molecule has 4 nitrogen and oxygen atoms in total. The van der Waals surface area contributed by atoms with Crippen molar-refractivity contribution in [3.8, 4) is 0 Å². The van der Waals surface area contributed by atoms with Gasteiger partial charge in [0.1, 0.15) is 5.82 Å². The van der Waals surface area contributed by atoms with E-state index in [1.54, 1.807) is 7.11 Å². The van der Waals surface area contributed by atoms with Crippen molar-refractivity contribution in [3.05, 3.63) is 30.1 Å². The highest BCUT2D eigenvalue weighted by Crippen LogP contribution is 2.22. The third-order valence-corrected chi connectivity index (χ3v) is 3.11. The van der Waals surface area contributed by atoms with E-state index in [4.69, 9.17) is 4.74 Å². The number of carbonyl (C=O) groups is 1. The van der Waals surface area contributed by atoms with Crippen LogP contribution in [0.5, 0.6) is 0 Å². The van der Waals surface area contributed by atoms with E-state index in [9.17, 15) is 9.18 Å². The number of carbonyl (C=O) groups excluding carboxylic acids is 1. The number of hydrogen-bond acceptors (Lipinski definition) is 3. The normalized spacial score (nSPS) is 22.3. The van der Waals surface area contributed by atoms with Crippen LogP contribution >= 0.6 is 0 Å². The molecule has 0 heterocycles. The van der Waals surface area contributed by atoms with Gasteiger partial charge in [0.25, 0.3) is 0 Å². The molecule has 0 spiro atoms. The van der Waals surface area contributed by atoms with E-state index >= 15 is 0 Å². The molecule has 0 aliphatic heterocycles. The molecule has 0 bridgehead atoms. The highest BCUT2D eigenvalue weighted by atomic mass is 19.1. The molecule has 1 fully saturated rings. The highest BCUT2D eigenvalue weighted by Gasteiger charge is 2.28. The SMILES string of the molecule is COC1CC(NCC(=O)Nc2ccc(F)cc2)C1. The molecule has 0 saturated heterocycles. The monoisotopic (exact) mass is 252 g/mol. The zero-order valence-corrected chi connectivity index (χ0v) is 10.3. The summed E-state index contributed by atoms with van der Waals surface area (Å²) in [5.41, 5.74) is 0.603. The van der Waals surface area contributed by atoms with Gasteiger partial charge < -0.3 is 15.4 Å². The Morgan fingerprint density at radius 1 is 1.39 bits per heavy atom. The summed E-state index contributed by atoms with van der Waals surface area (Å²) in [4.78, 5) is 11.6. The number of amides is 1. The van der Waals surface area contributed by atoms with Crippen molar-refractivity contribution < 1.29 is 13.9 Å². The number of hydrogen-bond donors (Lipinski definition) is 2. The number of rotatable bonds is 5. The van der Waals surface area contributed by atoms with Crippen LogP contribution in [0.2, 0.25) is 0 Å². The molecule has 1 saturated carbocycles. The van der Waals surface area contributed by atoms with Gasteiger partial charge in [0.2, 0.25) is 5.91 Å². The summed E-state index contributed by atoms with van der Waals surface area (Å²) < 4.78 is 17.8. The zero-order valence-electron chi connectivity index (χ0n) is 10.3. The van der Waals surface area contributed by atoms with Crippen molar-refractivity contribution in [1.29, 1.82) is 0 Å². The maximum absolute atomic E-state index is 12.7. The number of ether oxygens (including phenoxy) is 1. The number of nitrogens with one attached hydrogen (secondary N) is 2. The van der Waals surface area contributed by atoms with Crippen molar-refractivity contribution in [2.45, 2.75) is 25.0 Å². The molecule has 0 atom stereocenters. The van der Waals surface area contributed by atoms with E-state index in [1.165, 1.54) is 24.3 Å². The lowest BCUT2D eigenvalue weighted by Crippen LogP contribution is -2.47. The van der Waals surface area contributed by atoms with Crippen LogP contribution in [-0.4, -0.2) is 31.7 Å². The smallest absolute Gasteiger partial charge is 0.238 e. The topological polar surface area (TPSA) is 50.4 Å². The van der Waals surface area contributed by atoms with Gasteiger partial charge >= 0.3 is 0 Å². The maximum Gasteiger partial charge on any atom is 0.238 e. The van der Waals surface area contributed by atoms with E-state index in [0.29, 0.717) is 17.8 Å². The Balaban J connectivity index is 1.68. The minimum atomic E-state index is -0.314. The van der Waals surface area contributed by atoms with Gasteiger partial charge in [-0.25, -0.2) is 4.39 Å². The van der Waals surface area contributed by atoms with E-state index in [2.05, 4.69) is 10.6 Å². The molecule has 5 heteroatoms. The van der Waals surface area contributed by atoms with Crippen LogP contribution in [-0.2, 0) is 9.53 Å². The molecule has 1 aromatic carbocycles. The van der Waals surface area contributed by atoms with Crippen LogP contribution in [0.15, 0.2) is 24.3 Å². The fraction of sp³-hybridized carbons (Fsp3) is 0.462. The molecule has 1 aliphatic carbocycles. The van der Waals surface area contributed by atoms with Gasteiger partial charge in [-0.05, 0) is 37.1 Å². The van der Waals surface area contributed by atoms with Crippen LogP contribution in [0.25, 0.3) is 0 Å². The summed E-state index contributed by atoms with van der Waals surface area (Å²) in [6.45, 7) is 0.262. The van der Waals surface area contributed by atoms with E-state index in [1.807, 2.05) is 0 Å². The van der Waals surface area contributed by atoms with E-state index in [-0.39, 0.29) is 18.3 Å². The molecule has 1 amide bonds. The van der Waals surface area contributed by atoms with Crippen molar-refractivity contribution in [3.63, 3.8) is 0 Å². The minimum absolute atomic E-state index is 0.123. The Kier molecular flexibility index (Phi) is 4.28. The lowest BCUT2D eigenvalue weighted by molar-refractivity contribution is -0.115. The van der Waals surface area contributed by atoms with Gasteiger partial charge in [-0.3, -0.25) is 4.79 Å². The molecule has 98 valence electrons. The highest BCUT2D eigenvalue weighted by molar-refractivity contribution is 5.92. The summed E-state index contributed by atoms with van der Waals surface area (Å²) in [6, 6.07) is 6.07. The van der Waals surface area contributed by atoms with Gasteiger partial charge in [0.05, 0.1) is 12.6 Å². The lowest BCUT2D eigenvalue weighted by Gasteiger charge is -2.34. The van der Waals surface area contributed by atoms with Gasteiger partial charge in [-0.1, -0.05) is 0 Å². The fourth-order valence-electron chi connectivity index (χ4n) is 1.90. The number of methoxy groups -OCH3 is 1.